The zero-order valence-corrected chi connectivity index (χ0v) is 10.8. The molecule has 0 aliphatic heterocycles. The maximum atomic E-state index is 12.2. The smallest absolute Gasteiger partial charge is 0.357 e. The predicted octanol–water partition coefficient (Wildman–Crippen LogP) is 2.06. The molecule has 2 aromatic rings. The highest BCUT2D eigenvalue weighted by Crippen LogP contribution is 2.25. The number of pyridine rings is 1. The first kappa shape index (κ1) is 12.2. The van der Waals surface area contributed by atoms with Gasteiger partial charge in [0.2, 0.25) is 0 Å². The molecule has 5 nitrogen and oxygen atoms in total. The van der Waals surface area contributed by atoms with Crippen molar-refractivity contribution in [2.45, 2.75) is 31.5 Å². The number of aromatic nitrogens is 2. The van der Waals surface area contributed by atoms with Crippen LogP contribution in [-0.4, -0.2) is 34.7 Å². The Bertz CT molecular complexity index is 593. The predicted molar refractivity (Wildman–Crippen MR) is 69.0 cm³/mol. The Labute approximate surface area is 111 Å². The number of rotatable bonds is 3. The molecule has 0 unspecified atom stereocenters. The van der Waals surface area contributed by atoms with Gasteiger partial charge in [-0.25, -0.2) is 9.78 Å². The summed E-state index contributed by atoms with van der Waals surface area (Å²) < 4.78 is 12.6. The summed E-state index contributed by atoms with van der Waals surface area (Å²) in [6.45, 7) is 0. The maximum Gasteiger partial charge on any atom is 0.357 e. The summed E-state index contributed by atoms with van der Waals surface area (Å²) in [5.41, 5.74) is 1.20. The molecule has 2 atom stereocenters. The van der Waals surface area contributed by atoms with Gasteiger partial charge in [-0.2, -0.15) is 0 Å². The van der Waals surface area contributed by atoms with Crippen LogP contribution in [-0.2, 0) is 9.47 Å². The van der Waals surface area contributed by atoms with E-state index in [1.807, 2.05) is 18.2 Å². The van der Waals surface area contributed by atoms with Gasteiger partial charge < -0.3 is 9.47 Å². The van der Waals surface area contributed by atoms with Crippen molar-refractivity contribution in [2.24, 2.45) is 0 Å². The van der Waals surface area contributed by atoms with Gasteiger partial charge in [0.1, 0.15) is 11.8 Å². The third kappa shape index (κ3) is 2.21. The summed E-state index contributed by atoms with van der Waals surface area (Å²) in [4.78, 5) is 16.4. The molecule has 1 fully saturated rings. The molecule has 1 aliphatic carbocycles. The lowest BCUT2D eigenvalue weighted by molar-refractivity contribution is -0.0211. The number of nitrogens with zero attached hydrogens (tertiary/aromatic N) is 2. The Morgan fingerprint density at radius 3 is 3.05 bits per heavy atom. The second-order valence-electron chi connectivity index (χ2n) is 4.72. The quantitative estimate of drug-likeness (QED) is 0.793. The molecular weight excluding hydrogens is 244 g/mol. The minimum absolute atomic E-state index is 0.0168. The average molecular weight is 260 g/mol. The molecule has 5 heteroatoms. The Hall–Kier alpha value is -1.88. The molecule has 1 aliphatic rings. The van der Waals surface area contributed by atoms with E-state index >= 15 is 0 Å². The molecule has 0 spiro atoms. The summed E-state index contributed by atoms with van der Waals surface area (Å²) in [6.07, 6.45) is 6.07. The lowest BCUT2D eigenvalue weighted by Gasteiger charge is -2.18. The number of carbonyl (C=O) groups excluding carboxylic acids is 1. The van der Waals surface area contributed by atoms with E-state index in [9.17, 15) is 4.79 Å². The van der Waals surface area contributed by atoms with Crippen LogP contribution < -0.4 is 0 Å². The average Bonchev–Trinajstić information content (AvgIpc) is 3.04. The summed E-state index contributed by atoms with van der Waals surface area (Å²) >= 11 is 0. The van der Waals surface area contributed by atoms with E-state index in [0.717, 1.165) is 24.9 Å². The fourth-order valence-electron chi connectivity index (χ4n) is 2.58. The van der Waals surface area contributed by atoms with Gasteiger partial charge in [-0.05, 0) is 31.4 Å². The van der Waals surface area contributed by atoms with Gasteiger partial charge in [0.15, 0.2) is 5.69 Å². The van der Waals surface area contributed by atoms with Crippen LogP contribution in [0.2, 0.25) is 0 Å². The minimum Gasteiger partial charge on any atom is -0.455 e. The summed E-state index contributed by atoms with van der Waals surface area (Å²) in [6, 6.07) is 5.60. The van der Waals surface area contributed by atoms with Gasteiger partial charge in [-0.3, -0.25) is 4.40 Å². The highest BCUT2D eigenvalue weighted by molar-refractivity contribution is 5.88. The first-order chi connectivity index (χ1) is 9.29. The van der Waals surface area contributed by atoms with Crippen LogP contribution in [0.4, 0.5) is 0 Å². The zero-order chi connectivity index (χ0) is 13.2. The third-order valence-corrected chi connectivity index (χ3v) is 3.58. The normalized spacial score (nSPS) is 22.8. The molecule has 2 heterocycles. The van der Waals surface area contributed by atoms with Gasteiger partial charge in [0, 0.05) is 13.3 Å². The van der Waals surface area contributed by atoms with Crippen LogP contribution in [0.3, 0.4) is 0 Å². The number of methoxy groups -OCH3 is 1. The Morgan fingerprint density at radius 2 is 2.21 bits per heavy atom. The van der Waals surface area contributed by atoms with Crippen LogP contribution in [0.25, 0.3) is 5.65 Å². The van der Waals surface area contributed by atoms with Gasteiger partial charge in [-0.1, -0.05) is 6.07 Å². The number of fused-ring (bicyclic) bond motifs is 1. The second-order valence-corrected chi connectivity index (χ2v) is 4.72. The first-order valence-electron chi connectivity index (χ1n) is 6.45. The van der Waals surface area contributed by atoms with E-state index in [0.29, 0.717) is 5.69 Å². The van der Waals surface area contributed by atoms with Crippen LogP contribution in [0, 0.1) is 0 Å². The van der Waals surface area contributed by atoms with Crippen LogP contribution in [0.5, 0.6) is 0 Å². The minimum atomic E-state index is -0.340. The molecule has 100 valence electrons. The fraction of sp³-hybridized carbons (Fsp3) is 0.429. The van der Waals surface area contributed by atoms with E-state index in [1.54, 1.807) is 23.9 Å². The van der Waals surface area contributed by atoms with Crippen LogP contribution in [0.15, 0.2) is 30.6 Å². The second kappa shape index (κ2) is 5.01. The highest BCUT2D eigenvalue weighted by atomic mass is 16.6. The van der Waals surface area contributed by atoms with Crippen molar-refractivity contribution in [3.8, 4) is 0 Å². The van der Waals surface area contributed by atoms with Gasteiger partial charge in [-0.15, -0.1) is 0 Å². The van der Waals surface area contributed by atoms with Crippen molar-refractivity contribution in [1.82, 2.24) is 9.38 Å². The molecular formula is C14H16N2O3. The Kier molecular flexibility index (Phi) is 3.21. The van der Waals surface area contributed by atoms with Crippen molar-refractivity contribution in [2.75, 3.05) is 7.11 Å². The Morgan fingerprint density at radius 1 is 1.37 bits per heavy atom. The van der Waals surface area contributed by atoms with E-state index in [4.69, 9.17) is 9.47 Å². The molecule has 0 amide bonds. The largest absolute Gasteiger partial charge is 0.455 e. The molecule has 0 N–H and O–H groups in total. The number of carbonyl (C=O) groups is 1. The number of esters is 1. The van der Waals surface area contributed by atoms with Crippen LogP contribution in [0.1, 0.15) is 29.8 Å². The molecule has 2 aromatic heterocycles. The van der Waals surface area contributed by atoms with E-state index in [2.05, 4.69) is 4.98 Å². The van der Waals surface area contributed by atoms with E-state index in [1.165, 1.54) is 0 Å². The van der Waals surface area contributed by atoms with Gasteiger partial charge >= 0.3 is 5.97 Å². The number of hydrogen-bond acceptors (Lipinski definition) is 4. The van der Waals surface area contributed by atoms with E-state index < -0.39 is 0 Å². The van der Waals surface area contributed by atoms with Crippen molar-refractivity contribution < 1.29 is 14.3 Å². The van der Waals surface area contributed by atoms with Crippen molar-refractivity contribution >= 4 is 11.6 Å². The summed E-state index contributed by atoms with van der Waals surface area (Å²) in [7, 11) is 1.66. The van der Waals surface area contributed by atoms with Gasteiger partial charge in [0.05, 0.1) is 12.3 Å². The third-order valence-electron chi connectivity index (χ3n) is 3.58. The molecule has 1 saturated carbocycles. The molecule has 0 radical (unpaired) electrons. The van der Waals surface area contributed by atoms with Gasteiger partial charge in [0.25, 0.3) is 0 Å². The first-order valence-corrected chi connectivity index (χ1v) is 6.45. The molecule has 0 aromatic carbocycles. The molecule has 0 bridgehead atoms. The fourth-order valence-corrected chi connectivity index (χ4v) is 2.58. The van der Waals surface area contributed by atoms with Crippen LogP contribution >= 0.6 is 0 Å². The van der Waals surface area contributed by atoms with Crippen molar-refractivity contribution in [3.05, 3.63) is 36.3 Å². The number of ether oxygens (including phenoxy) is 2. The molecule has 0 saturated heterocycles. The molecule has 3 rings (SSSR count). The topological polar surface area (TPSA) is 52.8 Å². The molecule has 19 heavy (non-hydrogen) atoms. The summed E-state index contributed by atoms with van der Waals surface area (Å²) in [5, 5.41) is 0. The lowest BCUT2D eigenvalue weighted by atomic mass is 10.2. The number of imidazole rings is 1. The zero-order valence-electron chi connectivity index (χ0n) is 10.8. The van der Waals surface area contributed by atoms with Crippen molar-refractivity contribution in [3.63, 3.8) is 0 Å². The Balaban J connectivity index is 1.80. The van der Waals surface area contributed by atoms with Crippen molar-refractivity contribution in [1.29, 1.82) is 0 Å². The van der Waals surface area contributed by atoms with E-state index in [-0.39, 0.29) is 18.2 Å². The highest BCUT2D eigenvalue weighted by Gasteiger charge is 2.31. The monoisotopic (exact) mass is 260 g/mol. The number of hydrogen-bond donors (Lipinski definition) is 0. The maximum absolute atomic E-state index is 12.2. The lowest BCUT2D eigenvalue weighted by Crippen LogP contribution is -2.28. The SMILES string of the molecule is CO[C@H]1CCC[C@@H]1OC(=O)c1cnc2ccccn12. The summed E-state index contributed by atoms with van der Waals surface area (Å²) in [5.74, 6) is -0.340. The standard InChI is InChI=1S/C14H16N2O3/c1-18-11-5-4-6-12(11)19-14(17)10-9-15-13-7-2-3-8-16(10)13/h2-3,7-9,11-12H,4-6H2,1H3/t11-,12-/m0/s1.